The van der Waals surface area contributed by atoms with E-state index in [0.29, 0.717) is 0 Å². The molecule has 0 radical (unpaired) electrons. The first-order valence-corrected chi connectivity index (χ1v) is 5.68. The lowest BCUT2D eigenvalue weighted by Gasteiger charge is -2.07. The first kappa shape index (κ1) is 13.5. The number of nitro groups is 1. The number of rotatable bonds is 3. The van der Waals surface area contributed by atoms with Gasteiger partial charge in [-0.05, 0) is 24.6 Å². The third-order valence-corrected chi connectivity index (χ3v) is 2.64. The number of hydrogen-bond donors (Lipinski definition) is 2. The highest BCUT2D eigenvalue weighted by Crippen LogP contribution is 2.24. The number of nitrogens with one attached hydrogen (secondary N) is 1. The summed E-state index contributed by atoms with van der Waals surface area (Å²) in [7, 11) is 0. The molecular formula is C13H11N3O4. The van der Waals surface area contributed by atoms with E-state index in [1.165, 1.54) is 30.6 Å². The Balaban J connectivity index is 2.37. The molecule has 102 valence electrons. The van der Waals surface area contributed by atoms with Crippen LogP contribution in [0.25, 0.3) is 0 Å². The Morgan fingerprint density at radius 2 is 2.15 bits per heavy atom. The molecule has 0 fully saturated rings. The Morgan fingerprint density at radius 1 is 1.40 bits per heavy atom. The van der Waals surface area contributed by atoms with Crippen LogP contribution in [0.1, 0.15) is 15.9 Å². The van der Waals surface area contributed by atoms with Gasteiger partial charge in [0, 0.05) is 12.3 Å². The maximum atomic E-state index is 12.1. The van der Waals surface area contributed by atoms with E-state index >= 15 is 0 Å². The van der Waals surface area contributed by atoms with Crippen molar-refractivity contribution in [2.75, 3.05) is 5.32 Å². The fourth-order valence-corrected chi connectivity index (χ4v) is 1.67. The summed E-state index contributed by atoms with van der Waals surface area (Å²) in [5, 5.41) is 22.9. The van der Waals surface area contributed by atoms with Crippen LogP contribution in [0, 0.1) is 17.0 Å². The van der Waals surface area contributed by atoms with Gasteiger partial charge < -0.3 is 10.4 Å². The molecule has 0 aliphatic heterocycles. The van der Waals surface area contributed by atoms with Crippen molar-refractivity contribution in [1.82, 2.24) is 4.98 Å². The zero-order valence-corrected chi connectivity index (χ0v) is 10.5. The number of pyridine rings is 1. The van der Waals surface area contributed by atoms with Gasteiger partial charge in [0.2, 0.25) is 0 Å². The van der Waals surface area contributed by atoms with Crippen molar-refractivity contribution in [2.45, 2.75) is 6.92 Å². The second-order valence-electron chi connectivity index (χ2n) is 4.12. The molecule has 7 nitrogen and oxygen atoms in total. The molecular weight excluding hydrogens is 262 g/mol. The molecule has 1 aromatic carbocycles. The van der Waals surface area contributed by atoms with Crippen LogP contribution in [-0.4, -0.2) is 20.9 Å². The third kappa shape index (κ3) is 2.72. The largest absolute Gasteiger partial charge is 0.504 e. The number of aromatic hydroxyl groups is 1. The number of nitrogens with zero attached hydrogens (tertiary/aromatic N) is 2. The highest BCUT2D eigenvalue weighted by atomic mass is 16.6. The number of aryl methyl sites for hydroxylation is 1. The van der Waals surface area contributed by atoms with Gasteiger partial charge >= 0.3 is 0 Å². The molecule has 2 rings (SSSR count). The molecule has 1 amide bonds. The zero-order chi connectivity index (χ0) is 14.7. The van der Waals surface area contributed by atoms with E-state index in [2.05, 4.69) is 10.3 Å². The van der Waals surface area contributed by atoms with Crippen LogP contribution in [0.3, 0.4) is 0 Å². The van der Waals surface area contributed by atoms with Crippen LogP contribution < -0.4 is 5.32 Å². The molecule has 0 atom stereocenters. The fraction of sp³-hybridized carbons (Fsp3) is 0.0769. The number of benzene rings is 1. The summed E-state index contributed by atoms with van der Waals surface area (Å²) < 4.78 is 0. The van der Waals surface area contributed by atoms with Crippen LogP contribution in [0.15, 0.2) is 36.7 Å². The Morgan fingerprint density at radius 3 is 2.80 bits per heavy atom. The predicted octanol–water partition coefficient (Wildman–Crippen LogP) is 2.26. The van der Waals surface area contributed by atoms with Crippen LogP contribution in [-0.2, 0) is 0 Å². The van der Waals surface area contributed by atoms with Gasteiger partial charge in [-0.25, -0.2) is 0 Å². The van der Waals surface area contributed by atoms with Crippen LogP contribution >= 0.6 is 0 Å². The minimum atomic E-state index is -0.665. The lowest BCUT2D eigenvalue weighted by Crippen LogP contribution is -2.14. The monoisotopic (exact) mass is 273 g/mol. The molecule has 0 saturated heterocycles. The van der Waals surface area contributed by atoms with Gasteiger partial charge in [-0.15, -0.1) is 0 Å². The Bertz CT molecular complexity index is 685. The molecule has 0 aliphatic rings. The van der Waals surface area contributed by atoms with E-state index in [4.69, 9.17) is 0 Å². The summed E-state index contributed by atoms with van der Waals surface area (Å²) in [6, 6.07) is 5.65. The van der Waals surface area contributed by atoms with Crippen molar-refractivity contribution in [3.05, 3.63) is 57.9 Å². The first-order chi connectivity index (χ1) is 9.49. The van der Waals surface area contributed by atoms with Gasteiger partial charge in [0.1, 0.15) is 5.56 Å². The van der Waals surface area contributed by atoms with Crippen LogP contribution in [0.2, 0.25) is 0 Å². The molecule has 20 heavy (non-hydrogen) atoms. The maximum absolute atomic E-state index is 12.1. The van der Waals surface area contributed by atoms with Crippen molar-refractivity contribution in [3.8, 4) is 5.75 Å². The van der Waals surface area contributed by atoms with Gasteiger partial charge in [0.15, 0.2) is 5.75 Å². The van der Waals surface area contributed by atoms with E-state index in [1.807, 2.05) is 0 Å². The number of carbonyl (C=O) groups excluding carboxylic acids is 1. The standard InChI is InChI=1S/C13H11N3O4/c1-8-2-3-11(16(19)20)9(6-8)13(18)15-10-4-5-14-7-12(10)17/h2-7,17H,1H3,(H,14,15,18). The molecule has 2 N–H and O–H groups in total. The van der Waals surface area contributed by atoms with Crippen LogP contribution in [0.5, 0.6) is 5.75 Å². The number of anilines is 1. The summed E-state index contributed by atoms with van der Waals surface area (Å²) in [6.07, 6.45) is 2.56. The lowest BCUT2D eigenvalue weighted by atomic mass is 10.1. The predicted molar refractivity (Wildman–Crippen MR) is 71.7 cm³/mol. The number of aromatic nitrogens is 1. The topological polar surface area (TPSA) is 105 Å². The van der Waals surface area contributed by atoms with Gasteiger partial charge in [-0.1, -0.05) is 6.07 Å². The molecule has 0 unspecified atom stereocenters. The van der Waals surface area contributed by atoms with E-state index in [9.17, 15) is 20.0 Å². The Labute approximate surface area is 114 Å². The molecule has 0 aliphatic carbocycles. The molecule has 0 bridgehead atoms. The van der Waals surface area contributed by atoms with Gasteiger partial charge in [-0.2, -0.15) is 0 Å². The highest BCUT2D eigenvalue weighted by molar-refractivity contribution is 6.07. The van der Waals surface area contributed by atoms with Crippen molar-refractivity contribution >= 4 is 17.3 Å². The van der Waals surface area contributed by atoms with E-state index < -0.39 is 10.8 Å². The fourth-order valence-electron chi connectivity index (χ4n) is 1.67. The van der Waals surface area contributed by atoms with Crippen LogP contribution in [0.4, 0.5) is 11.4 Å². The minimum Gasteiger partial charge on any atom is -0.504 e. The lowest BCUT2D eigenvalue weighted by molar-refractivity contribution is -0.385. The summed E-state index contributed by atoms with van der Waals surface area (Å²) in [5.41, 5.74) is 0.508. The molecule has 7 heteroatoms. The number of nitro benzene ring substituents is 1. The van der Waals surface area contributed by atoms with Crippen molar-refractivity contribution in [3.63, 3.8) is 0 Å². The van der Waals surface area contributed by atoms with Crippen molar-refractivity contribution in [1.29, 1.82) is 0 Å². The number of carbonyl (C=O) groups is 1. The number of amides is 1. The molecule has 1 aromatic heterocycles. The molecule has 0 spiro atoms. The first-order valence-electron chi connectivity index (χ1n) is 5.68. The average Bonchev–Trinajstić information content (AvgIpc) is 2.40. The highest BCUT2D eigenvalue weighted by Gasteiger charge is 2.20. The summed E-state index contributed by atoms with van der Waals surface area (Å²) in [5.74, 6) is -0.877. The Hall–Kier alpha value is -2.96. The van der Waals surface area contributed by atoms with E-state index in [0.717, 1.165) is 5.56 Å². The quantitative estimate of drug-likeness (QED) is 0.659. The van der Waals surface area contributed by atoms with E-state index in [-0.39, 0.29) is 22.7 Å². The smallest absolute Gasteiger partial charge is 0.282 e. The normalized spacial score (nSPS) is 10.1. The SMILES string of the molecule is Cc1ccc([N+](=O)[O-])c(C(=O)Nc2ccncc2O)c1. The zero-order valence-electron chi connectivity index (χ0n) is 10.5. The number of hydrogen-bond acceptors (Lipinski definition) is 5. The molecule has 0 saturated carbocycles. The third-order valence-electron chi connectivity index (χ3n) is 2.64. The average molecular weight is 273 g/mol. The van der Waals surface area contributed by atoms with Crippen molar-refractivity contribution < 1.29 is 14.8 Å². The van der Waals surface area contributed by atoms with Crippen molar-refractivity contribution in [2.24, 2.45) is 0 Å². The molecule has 2 aromatic rings. The summed E-state index contributed by atoms with van der Waals surface area (Å²) in [4.78, 5) is 26.1. The van der Waals surface area contributed by atoms with Gasteiger partial charge in [-0.3, -0.25) is 19.9 Å². The second kappa shape index (κ2) is 5.35. The maximum Gasteiger partial charge on any atom is 0.282 e. The Kier molecular flexibility index (Phi) is 3.60. The summed E-state index contributed by atoms with van der Waals surface area (Å²) >= 11 is 0. The second-order valence-corrected chi connectivity index (χ2v) is 4.12. The van der Waals surface area contributed by atoms with Gasteiger partial charge in [0.25, 0.3) is 11.6 Å². The van der Waals surface area contributed by atoms with Gasteiger partial charge in [0.05, 0.1) is 16.8 Å². The minimum absolute atomic E-state index is 0.0637. The molecule has 1 heterocycles. The summed E-state index contributed by atoms with van der Waals surface area (Å²) in [6.45, 7) is 1.73. The van der Waals surface area contributed by atoms with E-state index in [1.54, 1.807) is 13.0 Å².